The first-order chi connectivity index (χ1) is 3.66. The van der Waals surface area contributed by atoms with Crippen LogP contribution in [0.15, 0.2) is 12.7 Å². The van der Waals surface area contributed by atoms with E-state index < -0.39 is 12.4 Å². The first-order valence-corrected chi connectivity index (χ1v) is 1.93. The maximum Gasteiger partial charge on any atom is 0.407 e. The zero-order valence-electron chi connectivity index (χ0n) is 4.91. The Kier molecular flexibility index (Phi) is 6.11. The van der Waals surface area contributed by atoms with Gasteiger partial charge in [0.25, 0.3) is 0 Å². The van der Waals surface area contributed by atoms with Crippen LogP contribution in [-0.2, 0) is 4.74 Å². The van der Waals surface area contributed by atoms with Crippen molar-refractivity contribution in [3.8, 4) is 0 Å². The van der Waals surface area contributed by atoms with E-state index in [0.717, 1.165) is 6.08 Å². The normalized spacial score (nSPS) is 10.8. The van der Waals surface area contributed by atoms with Crippen molar-refractivity contribution >= 4 is 6.09 Å². The van der Waals surface area contributed by atoms with E-state index in [1.54, 1.807) is 0 Å². The Morgan fingerprint density at radius 2 is 2.33 bits per heavy atom. The van der Waals surface area contributed by atoms with Crippen LogP contribution in [0.4, 0.5) is 4.79 Å². The summed E-state index contributed by atoms with van der Waals surface area (Å²) in [6.07, 6.45) is -1.25. The Balaban J connectivity index is 0. The highest BCUT2D eigenvalue weighted by atomic mass is 16.6. The van der Waals surface area contributed by atoms with Crippen LogP contribution in [0.1, 0.15) is 0 Å². The summed E-state index contributed by atoms with van der Waals surface area (Å²) in [5.41, 5.74) is 4.50. The lowest BCUT2D eigenvalue weighted by Gasteiger charge is -2.01. The molecular formula is C4H10N2O3. The molecule has 5 heteroatoms. The quantitative estimate of drug-likeness (QED) is 0.357. The van der Waals surface area contributed by atoms with E-state index in [1.807, 2.05) is 0 Å². The van der Waals surface area contributed by atoms with Gasteiger partial charge in [0.2, 0.25) is 6.29 Å². The smallest absolute Gasteiger partial charge is 0.407 e. The molecule has 0 spiro atoms. The third kappa shape index (κ3) is 6.93. The number of primary amides is 1. The second kappa shape index (κ2) is 5.07. The summed E-state index contributed by atoms with van der Waals surface area (Å²) in [7, 11) is 0. The average Bonchev–Trinajstić information content (AvgIpc) is 1.65. The number of carbonyl (C=O) groups is 1. The van der Waals surface area contributed by atoms with E-state index in [9.17, 15) is 4.79 Å². The third-order valence-corrected chi connectivity index (χ3v) is 0.439. The van der Waals surface area contributed by atoms with Gasteiger partial charge in [0.05, 0.1) is 0 Å². The van der Waals surface area contributed by atoms with Crippen LogP contribution in [0.25, 0.3) is 0 Å². The summed E-state index contributed by atoms with van der Waals surface area (Å²) >= 11 is 0. The van der Waals surface area contributed by atoms with Crippen molar-refractivity contribution in [2.45, 2.75) is 6.29 Å². The minimum Gasteiger partial charge on any atom is -0.416 e. The fourth-order valence-corrected chi connectivity index (χ4v) is 0.167. The van der Waals surface area contributed by atoms with E-state index in [-0.39, 0.29) is 6.15 Å². The van der Waals surface area contributed by atoms with Gasteiger partial charge in [-0.3, -0.25) is 0 Å². The molecule has 0 aliphatic carbocycles. The molecule has 0 fully saturated rings. The van der Waals surface area contributed by atoms with Gasteiger partial charge in [-0.25, -0.2) is 4.79 Å². The summed E-state index contributed by atoms with van der Waals surface area (Å²) in [6, 6.07) is 0. The summed E-state index contributed by atoms with van der Waals surface area (Å²) < 4.78 is 3.98. The van der Waals surface area contributed by atoms with Crippen molar-refractivity contribution in [2.24, 2.45) is 5.73 Å². The molecule has 5 nitrogen and oxygen atoms in total. The van der Waals surface area contributed by atoms with Gasteiger partial charge in [0.15, 0.2) is 0 Å². The molecule has 0 saturated heterocycles. The monoisotopic (exact) mass is 134 g/mol. The zero-order chi connectivity index (χ0) is 6.57. The number of aliphatic hydroxyl groups is 1. The summed E-state index contributed by atoms with van der Waals surface area (Å²) in [5, 5.41) is 8.39. The van der Waals surface area contributed by atoms with Gasteiger partial charge in [0.1, 0.15) is 0 Å². The first-order valence-electron chi connectivity index (χ1n) is 1.93. The van der Waals surface area contributed by atoms with Crippen LogP contribution >= 0.6 is 0 Å². The topological polar surface area (TPSA) is 108 Å². The molecule has 0 aromatic rings. The van der Waals surface area contributed by atoms with Crippen LogP contribution in [0, 0.1) is 0 Å². The number of hydrogen-bond donors (Lipinski definition) is 3. The molecule has 0 saturated carbocycles. The number of nitrogens with two attached hydrogens (primary N) is 1. The minimum atomic E-state index is -1.28. The third-order valence-electron chi connectivity index (χ3n) is 0.439. The van der Waals surface area contributed by atoms with E-state index in [1.165, 1.54) is 0 Å². The second-order valence-electron chi connectivity index (χ2n) is 1.06. The van der Waals surface area contributed by atoms with Gasteiger partial charge in [-0.1, -0.05) is 6.58 Å². The van der Waals surface area contributed by atoms with Crippen LogP contribution in [0.2, 0.25) is 0 Å². The lowest BCUT2D eigenvalue weighted by atomic mass is 10.6. The predicted octanol–water partition coefficient (Wildman–Crippen LogP) is -0.252. The largest absolute Gasteiger partial charge is 0.416 e. The van der Waals surface area contributed by atoms with Crippen molar-refractivity contribution < 1.29 is 14.6 Å². The highest BCUT2D eigenvalue weighted by molar-refractivity contribution is 5.64. The standard InChI is InChI=1S/C4H7NO3.H3N/c1-2-3(6)8-4(5)7;/h2-3,6H,1H2,(H2,5,7);1H3. The molecule has 6 N–H and O–H groups in total. The Morgan fingerprint density at radius 1 is 1.89 bits per heavy atom. The van der Waals surface area contributed by atoms with E-state index >= 15 is 0 Å². The molecule has 0 aliphatic heterocycles. The number of rotatable bonds is 2. The predicted molar refractivity (Wildman–Crippen MR) is 31.9 cm³/mol. The number of ether oxygens (including phenoxy) is 1. The van der Waals surface area contributed by atoms with Crippen molar-refractivity contribution in [3.63, 3.8) is 0 Å². The molecule has 0 radical (unpaired) electrons. The lowest BCUT2D eigenvalue weighted by molar-refractivity contribution is -0.0113. The maximum absolute atomic E-state index is 9.76. The number of aliphatic hydroxyl groups excluding tert-OH is 1. The fraction of sp³-hybridized carbons (Fsp3) is 0.250. The molecule has 1 atom stereocenters. The Morgan fingerprint density at radius 3 is 2.44 bits per heavy atom. The van der Waals surface area contributed by atoms with E-state index in [4.69, 9.17) is 5.11 Å². The molecule has 54 valence electrons. The average molecular weight is 134 g/mol. The summed E-state index contributed by atoms with van der Waals surface area (Å²) in [5.74, 6) is 0. The molecule has 1 unspecified atom stereocenters. The lowest BCUT2D eigenvalue weighted by Crippen LogP contribution is -2.20. The highest BCUT2D eigenvalue weighted by Gasteiger charge is 1.98. The highest BCUT2D eigenvalue weighted by Crippen LogP contribution is 1.84. The van der Waals surface area contributed by atoms with Crippen LogP contribution in [-0.4, -0.2) is 17.5 Å². The van der Waals surface area contributed by atoms with Crippen LogP contribution in [0.5, 0.6) is 0 Å². The molecule has 0 heterocycles. The van der Waals surface area contributed by atoms with Crippen LogP contribution < -0.4 is 11.9 Å². The molecule has 0 aromatic carbocycles. The molecule has 0 aromatic heterocycles. The summed E-state index contributed by atoms with van der Waals surface area (Å²) in [6.45, 7) is 3.13. The zero-order valence-corrected chi connectivity index (χ0v) is 4.91. The van der Waals surface area contributed by atoms with Crippen molar-refractivity contribution in [1.29, 1.82) is 0 Å². The fourth-order valence-electron chi connectivity index (χ4n) is 0.167. The Labute approximate surface area is 52.7 Å². The van der Waals surface area contributed by atoms with Gasteiger partial charge >= 0.3 is 6.09 Å². The SMILES string of the molecule is C=CC(O)OC(N)=O.N. The van der Waals surface area contributed by atoms with E-state index in [2.05, 4.69) is 17.0 Å². The Bertz CT molecular complexity index is 104. The van der Waals surface area contributed by atoms with E-state index in [0.29, 0.717) is 0 Å². The molecule has 1 amide bonds. The molecule has 0 rings (SSSR count). The van der Waals surface area contributed by atoms with Gasteiger partial charge in [-0.15, -0.1) is 0 Å². The molecular weight excluding hydrogens is 124 g/mol. The molecule has 0 bridgehead atoms. The maximum atomic E-state index is 9.76. The summed E-state index contributed by atoms with van der Waals surface area (Å²) in [4.78, 5) is 9.76. The van der Waals surface area contributed by atoms with Crippen molar-refractivity contribution in [2.75, 3.05) is 0 Å². The number of carbonyl (C=O) groups excluding carboxylic acids is 1. The first kappa shape index (κ1) is 10.8. The second-order valence-corrected chi connectivity index (χ2v) is 1.06. The van der Waals surface area contributed by atoms with Crippen molar-refractivity contribution in [3.05, 3.63) is 12.7 Å². The number of hydrogen-bond acceptors (Lipinski definition) is 4. The van der Waals surface area contributed by atoms with Crippen LogP contribution in [0.3, 0.4) is 0 Å². The van der Waals surface area contributed by atoms with Gasteiger partial charge in [-0.05, 0) is 6.08 Å². The Hall–Kier alpha value is -1.07. The number of amides is 1. The van der Waals surface area contributed by atoms with Crippen molar-refractivity contribution in [1.82, 2.24) is 6.15 Å². The van der Waals surface area contributed by atoms with Gasteiger partial charge < -0.3 is 21.7 Å². The molecule has 0 aliphatic rings. The molecule has 9 heavy (non-hydrogen) atoms. The van der Waals surface area contributed by atoms with Gasteiger partial charge in [0, 0.05) is 0 Å². The van der Waals surface area contributed by atoms with Gasteiger partial charge in [-0.2, -0.15) is 0 Å². The minimum absolute atomic E-state index is 0.